The summed E-state index contributed by atoms with van der Waals surface area (Å²) in [6.07, 6.45) is 6.67. The van der Waals surface area contributed by atoms with E-state index in [1.54, 1.807) is 0 Å². The molecule has 0 aromatic heterocycles. The molecule has 2 aromatic rings. The lowest BCUT2D eigenvalue weighted by atomic mass is 10.0. The van der Waals surface area contributed by atoms with Crippen LogP contribution in [0.15, 0.2) is 60.2 Å². The van der Waals surface area contributed by atoms with Crippen molar-refractivity contribution in [3.8, 4) is 11.5 Å². The van der Waals surface area contributed by atoms with E-state index < -0.39 is 5.79 Å². The lowest BCUT2D eigenvalue weighted by molar-refractivity contribution is -0.0699. The number of aryl methyl sites for hydroxylation is 4. The first-order chi connectivity index (χ1) is 12.4. The summed E-state index contributed by atoms with van der Waals surface area (Å²) < 4.78 is 12.8. The van der Waals surface area contributed by atoms with Gasteiger partial charge in [-0.05, 0) is 56.5 Å². The topological polar surface area (TPSA) is 44.5 Å². The van der Waals surface area contributed by atoms with Gasteiger partial charge in [-0.25, -0.2) is 0 Å². The van der Waals surface area contributed by atoms with Crippen LogP contribution < -0.4 is 15.2 Å². The highest BCUT2D eigenvalue weighted by molar-refractivity contribution is 5.40. The Bertz CT molecular complexity index is 811. The molecule has 0 heterocycles. The Hall–Kier alpha value is -2.52. The summed E-state index contributed by atoms with van der Waals surface area (Å²) in [5.74, 6) is 0.780. The predicted octanol–water partition coefficient (Wildman–Crippen LogP) is 4.92. The summed E-state index contributed by atoms with van der Waals surface area (Å²) in [7, 11) is 0. The zero-order valence-electron chi connectivity index (χ0n) is 16.0. The van der Waals surface area contributed by atoms with E-state index in [4.69, 9.17) is 15.2 Å². The molecule has 2 aromatic carbocycles. The lowest BCUT2D eigenvalue weighted by Crippen LogP contribution is -2.41. The molecule has 3 rings (SSSR count). The van der Waals surface area contributed by atoms with E-state index in [9.17, 15) is 0 Å². The second kappa shape index (κ2) is 7.38. The van der Waals surface area contributed by atoms with Gasteiger partial charge in [0.2, 0.25) is 0 Å². The number of ether oxygens (including phenoxy) is 2. The molecule has 0 aliphatic heterocycles. The van der Waals surface area contributed by atoms with Crippen molar-refractivity contribution in [3.05, 3.63) is 82.5 Å². The zero-order valence-corrected chi connectivity index (χ0v) is 16.0. The van der Waals surface area contributed by atoms with E-state index in [1.165, 1.54) is 11.1 Å². The van der Waals surface area contributed by atoms with Gasteiger partial charge in [-0.1, -0.05) is 47.5 Å². The van der Waals surface area contributed by atoms with Gasteiger partial charge in [-0.2, -0.15) is 0 Å². The minimum Gasteiger partial charge on any atom is -0.448 e. The van der Waals surface area contributed by atoms with E-state index in [0.717, 1.165) is 28.2 Å². The second-order valence-electron chi connectivity index (χ2n) is 7.07. The monoisotopic (exact) mass is 349 g/mol. The Balaban J connectivity index is 1.95. The van der Waals surface area contributed by atoms with Gasteiger partial charge in [0, 0.05) is 19.0 Å². The molecule has 0 unspecified atom stereocenters. The number of hydrogen-bond acceptors (Lipinski definition) is 3. The molecule has 0 saturated carbocycles. The van der Waals surface area contributed by atoms with Crippen molar-refractivity contribution in [2.75, 3.05) is 6.54 Å². The molecular weight excluding hydrogens is 322 g/mol. The molecule has 0 atom stereocenters. The maximum absolute atomic E-state index is 6.42. The normalized spacial score (nSPS) is 15.5. The predicted molar refractivity (Wildman–Crippen MR) is 107 cm³/mol. The number of nitrogens with two attached hydrogens (primary N) is 1. The molecule has 2 N–H and O–H groups in total. The lowest BCUT2D eigenvalue weighted by Gasteiger charge is -2.34. The largest absolute Gasteiger partial charge is 0.448 e. The van der Waals surface area contributed by atoms with Crippen LogP contribution in [0.25, 0.3) is 0 Å². The van der Waals surface area contributed by atoms with Gasteiger partial charge in [0.05, 0.1) is 0 Å². The summed E-state index contributed by atoms with van der Waals surface area (Å²) in [6.45, 7) is 8.78. The molecule has 136 valence electrons. The molecule has 0 radical (unpaired) electrons. The zero-order chi connectivity index (χ0) is 18.7. The van der Waals surface area contributed by atoms with Crippen LogP contribution in [0.2, 0.25) is 0 Å². The van der Waals surface area contributed by atoms with Crippen LogP contribution in [-0.2, 0) is 0 Å². The Morgan fingerprint density at radius 1 is 0.885 bits per heavy atom. The molecule has 3 nitrogen and oxygen atoms in total. The maximum Gasteiger partial charge on any atom is 0.274 e. The highest BCUT2D eigenvalue weighted by Crippen LogP contribution is 2.34. The molecule has 1 aliphatic rings. The standard InChI is InChI=1S/C23H27NO2/c1-16-5-7-21(18(3)13-16)25-23(11-9-20(15-24)10-12-23)26-22-8-6-17(2)14-19(22)4/h5-11,13-14H,12,15,24H2,1-4H3. The van der Waals surface area contributed by atoms with Gasteiger partial charge in [-0.3, -0.25) is 0 Å². The van der Waals surface area contributed by atoms with E-state index in [2.05, 4.69) is 58.0 Å². The van der Waals surface area contributed by atoms with Crippen LogP contribution in [0.3, 0.4) is 0 Å². The van der Waals surface area contributed by atoms with Gasteiger partial charge in [0.15, 0.2) is 0 Å². The van der Waals surface area contributed by atoms with Crippen LogP contribution in [0.4, 0.5) is 0 Å². The van der Waals surface area contributed by atoms with Crippen molar-refractivity contribution in [1.29, 1.82) is 0 Å². The summed E-state index contributed by atoms with van der Waals surface area (Å²) in [4.78, 5) is 0. The Kier molecular flexibility index (Phi) is 5.19. The first-order valence-corrected chi connectivity index (χ1v) is 9.02. The third-order valence-corrected chi connectivity index (χ3v) is 4.66. The summed E-state index contributed by atoms with van der Waals surface area (Å²) in [5.41, 5.74) is 11.5. The first kappa shape index (κ1) is 18.3. The van der Waals surface area contributed by atoms with Crippen LogP contribution in [0, 0.1) is 27.7 Å². The van der Waals surface area contributed by atoms with E-state index >= 15 is 0 Å². The minimum atomic E-state index is -0.876. The van der Waals surface area contributed by atoms with Crippen molar-refractivity contribution in [2.45, 2.75) is 39.9 Å². The highest BCUT2D eigenvalue weighted by Gasteiger charge is 2.34. The Morgan fingerprint density at radius 2 is 1.42 bits per heavy atom. The second-order valence-corrected chi connectivity index (χ2v) is 7.07. The molecule has 0 amide bonds. The van der Waals surface area contributed by atoms with E-state index in [0.29, 0.717) is 13.0 Å². The third kappa shape index (κ3) is 4.00. The fourth-order valence-corrected chi connectivity index (χ4v) is 3.17. The summed E-state index contributed by atoms with van der Waals surface area (Å²) in [6, 6.07) is 12.4. The van der Waals surface area contributed by atoms with Crippen molar-refractivity contribution in [3.63, 3.8) is 0 Å². The van der Waals surface area contributed by atoms with Crippen molar-refractivity contribution >= 4 is 0 Å². The van der Waals surface area contributed by atoms with E-state index in [-0.39, 0.29) is 0 Å². The molecular formula is C23H27NO2. The molecule has 0 spiro atoms. The van der Waals surface area contributed by atoms with Crippen molar-refractivity contribution in [1.82, 2.24) is 0 Å². The van der Waals surface area contributed by atoms with Crippen LogP contribution in [0.1, 0.15) is 28.7 Å². The average Bonchev–Trinajstić information content (AvgIpc) is 2.61. The quantitative estimate of drug-likeness (QED) is 0.779. The summed E-state index contributed by atoms with van der Waals surface area (Å²) in [5, 5.41) is 0. The fraction of sp³-hybridized carbons (Fsp3) is 0.304. The SMILES string of the molecule is Cc1ccc(OC2(Oc3ccc(C)cc3C)C=CC(CN)=CC2)c(C)c1. The van der Waals surface area contributed by atoms with Gasteiger partial charge in [-0.15, -0.1) is 0 Å². The van der Waals surface area contributed by atoms with Crippen LogP contribution in [0.5, 0.6) is 11.5 Å². The Labute approximate surface area is 156 Å². The van der Waals surface area contributed by atoms with Gasteiger partial charge < -0.3 is 15.2 Å². The van der Waals surface area contributed by atoms with Gasteiger partial charge in [0.1, 0.15) is 11.5 Å². The number of rotatable bonds is 5. The van der Waals surface area contributed by atoms with Gasteiger partial charge >= 0.3 is 0 Å². The van der Waals surface area contributed by atoms with Crippen LogP contribution >= 0.6 is 0 Å². The highest BCUT2D eigenvalue weighted by atomic mass is 16.7. The first-order valence-electron chi connectivity index (χ1n) is 9.02. The molecule has 1 aliphatic carbocycles. The average molecular weight is 349 g/mol. The van der Waals surface area contributed by atoms with Crippen molar-refractivity contribution < 1.29 is 9.47 Å². The summed E-state index contributed by atoms with van der Waals surface area (Å²) >= 11 is 0. The third-order valence-electron chi connectivity index (χ3n) is 4.66. The number of hydrogen-bond donors (Lipinski definition) is 1. The Morgan fingerprint density at radius 3 is 1.81 bits per heavy atom. The maximum atomic E-state index is 6.42. The van der Waals surface area contributed by atoms with E-state index in [1.807, 2.05) is 24.3 Å². The molecule has 0 bridgehead atoms. The van der Waals surface area contributed by atoms with Crippen LogP contribution in [-0.4, -0.2) is 12.3 Å². The fourth-order valence-electron chi connectivity index (χ4n) is 3.17. The van der Waals surface area contributed by atoms with Crippen molar-refractivity contribution in [2.24, 2.45) is 5.73 Å². The molecule has 0 fully saturated rings. The van der Waals surface area contributed by atoms with Gasteiger partial charge in [0.25, 0.3) is 5.79 Å². The molecule has 0 saturated heterocycles. The smallest absolute Gasteiger partial charge is 0.274 e. The number of benzene rings is 2. The molecule has 26 heavy (non-hydrogen) atoms. The molecule has 3 heteroatoms. The minimum absolute atomic E-state index is 0.514.